The van der Waals surface area contributed by atoms with Crippen LogP contribution in [0.25, 0.3) is 0 Å². The first-order valence-electron chi connectivity index (χ1n) is 6.54. The van der Waals surface area contributed by atoms with E-state index in [0.29, 0.717) is 10.0 Å². The number of amidine groups is 1. The van der Waals surface area contributed by atoms with E-state index in [1.165, 1.54) is 0 Å². The summed E-state index contributed by atoms with van der Waals surface area (Å²) in [5, 5.41) is 12.9. The average molecular weight is 305 g/mol. The van der Waals surface area contributed by atoms with Crippen LogP contribution in [-0.4, -0.2) is 11.0 Å². The van der Waals surface area contributed by atoms with E-state index in [1.807, 2.05) is 33.8 Å². The smallest absolute Gasteiger partial charge is 0.149 e. The Morgan fingerprint density at radius 2 is 1.74 bits per heavy atom. The zero-order valence-corrected chi connectivity index (χ0v) is 13.4. The molecule has 1 aromatic carbocycles. The number of rotatable bonds is 2. The third kappa shape index (κ3) is 4.02. The van der Waals surface area contributed by atoms with Gasteiger partial charge in [-0.3, -0.25) is 0 Å². The molecule has 1 aliphatic carbocycles. The second-order valence-corrected chi connectivity index (χ2v) is 4.54. The third-order valence-corrected chi connectivity index (χ3v) is 3.34. The molecule has 3 N–H and O–H groups in total. The lowest BCUT2D eigenvalue weighted by Gasteiger charge is -2.15. The predicted molar refractivity (Wildman–Crippen MR) is 83.5 cm³/mol. The number of nitrogens with zero attached hydrogens (tertiary/aromatic N) is 1. The molecule has 1 aromatic rings. The number of hydrogen-bond donors (Lipinski definition) is 2. The lowest BCUT2D eigenvalue weighted by molar-refractivity contribution is 0.315. The molecular weight excluding hydrogens is 283 g/mol. The summed E-state index contributed by atoms with van der Waals surface area (Å²) >= 11 is 11.9. The summed E-state index contributed by atoms with van der Waals surface area (Å²) in [5.41, 5.74) is 6.16. The molecule has 0 aliphatic heterocycles. The van der Waals surface area contributed by atoms with Gasteiger partial charge >= 0.3 is 0 Å². The van der Waals surface area contributed by atoms with Gasteiger partial charge in [-0.1, -0.05) is 62.1 Å². The lowest BCUT2D eigenvalue weighted by Crippen LogP contribution is -2.29. The first-order chi connectivity index (χ1) is 9.10. The van der Waals surface area contributed by atoms with E-state index in [9.17, 15) is 0 Å². The second-order valence-electron chi connectivity index (χ2n) is 3.69. The van der Waals surface area contributed by atoms with Crippen molar-refractivity contribution in [3.63, 3.8) is 0 Å². The van der Waals surface area contributed by atoms with Crippen molar-refractivity contribution in [2.45, 2.75) is 46.0 Å². The molecule has 5 heteroatoms. The van der Waals surface area contributed by atoms with E-state index in [0.717, 1.165) is 18.4 Å². The normalized spacial score (nSPS) is 15.6. The molecule has 1 fully saturated rings. The van der Waals surface area contributed by atoms with Gasteiger partial charge in [0, 0.05) is 10.0 Å². The summed E-state index contributed by atoms with van der Waals surface area (Å²) in [7, 11) is 0. The van der Waals surface area contributed by atoms with Crippen molar-refractivity contribution in [1.29, 1.82) is 0 Å². The molecule has 3 nitrogen and oxygen atoms in total. The highest BCUT2D eigenvalue weighted by Crippen LogP contribution is 2.50. The van der Waals surface area contributed by atoms with Crippen LogP contribution in [0.5, 0.6) is 0 Å². The van der Waals surface area contributed by atoms with Gasteiger partial charge in [0.15, 0.2) is 0 Å². The highest BCUT2D eigenvalue weighted by Gasteiger charge is 2.49. The number of nitrogens with two attached hydrogens (primary N) is 1. The van der Waals surface area contributed by atoms with Crippen LogP contribution >= 0.6 is 23.2 Å². The van der Waals surface area contributed by atoms with E-state index >= 15 is 0 Å². The Bertz CT molecular complexity index is 429. The topological polar surface area (TPSA) is 58.6 Å². The van der Waals surface area contributed by atoms with Gasteiger partial charge in [0.05, 0.1) is 5.41 Å². The molecule has 0 bridgehead atoms. The molecule has 0 saturated heterocycles. The summed E-state index contributed by atoms with van der Waals surface area (Å²) in [6, 6.07) is 5.26. The molecule has 0 unspecified atom stereocenters. The van der Waals surface area contributed by atoms with Crippen LogP contribution in [0.4, 0.5) is 0 Å². The Hall–Kier alpha value is -0.930. The standard InChI is InChI=1S/C10H10Cl2N2O.2C2H6/c11-6-1-2-7(8(12)5-6)10(3-4-10)9(13)14-15;2*1-2/h1-2,5,15H,3-4H2,(H2,13,14);2*1-2H3. The van der Waals surface area contributed by atoms with Crippen molar-refractivity contribution in [1.82, 2.24) is 0 Å². The van der Waals surface area contributed by atoms with Gasteiger partial charge in [-0.2, -0.15) is 0 Å². The fourth-order valence-corrected chi connectivity index (χ4v) is 2.35. The number of halogens is 2. The Labute approximate surface area is 125 Å². The maximum Gasteiger partial charge on any atom is 0.149 e. The van der Waals surface area contributed by atoms with Crippen LogP contribution in [0.2, 0.25) is 10.0 Å². The minimum atomic E-state index is -0.379. The van der Waals surface area contributed by atoms with E-state index in [2.05, 4.69) is 5.16 Å². The molecule has 0 amide bonds. The van der Waals surface area contributed by atoms with Gasteiger partial charge in [-0.15, -0.1) is 0 Å². The zero-order valence-electron chi connectivity index (χ0n) is 11.9. The van der Waals surface area contributed by atoms with Crippen LogP contribution in [0.3, 0.4) is 0 Å². The van der Waals surface area contributed by atoms with Crippen LogP contribution in [0.1, 0.15) is 46.1 Å². The average Bonchev–Trinajstić information content (AvgIpc) is 3.24. The maximum absolute atomic E-state index is 8.71. The van der Waals surface area contributed by atoms with Crippen molar-refractivity contribution in [2.24, 2.45) is 10.9 Å². The van der Waals surface area contributed by atoms with Gasteiger partial charge < -0.3 is 10.9 Å². The SMILES string of the molecule is CC.CC.N/C(=N\O)C1(c2ccc(Cl)cc2Cl)CC1. The molecule has 2 rings (SSSR count). The third-order valence-electron chi connectivity index (χ3n) is 2.79. The highest BCUT2D eigenvalue weighted by molar-refractivity contribution is 6.35. The first-order valence-corrected chi connectivity index (χ1v) is 7.29. The van der Waals surface area contributed by atoms with Crippen molar-refractivity contribution in [3.05, 3.63) is 33.8 Å². The molecule has 0 heterocycles. The predicted octanol–water partition coefficient (Wildman–Crippen LogP) is 4.82. The molecule has 1 aliphatic rings. The summed E-state index contributed by atoms with van der Waals surface area (Å²) in [6.45, 7) is 8.00. The molecule has 0 radical (unpaired) electrons. The Morgan fingerprint density at radius 3 is 2.11 bits per heavy atom. The van der Waals surface area contributed by atoms with Crippen molar-refractivity contribution in [2.75, 3.05) is 0 Å². The van der Waals surface area contributed by atoms with Crippen molar-refractivity contribution >= 4 is 29.0 Å². The van der Waals surface area contributed by atoms with Crippen molar-refractivity contribution in [3.8, 4) is 0 Å². The Balaban J connectivity index is 0.000000741. The van der Waals surface area contributed by atoms with Gasteiger partial charge in [-0.05, 0) is 30.5 Å². The Kier molecular flexibility index (Phi) is 7.88. The number of oxime groups is 1. The minimum absolute atomic E-state index is 0.215. The highest BCUT2D eigenvalue weighted by atomic mass is 35.5. The molecule has 108 valence electrons. The largest absolute Gasteiger partial charge is 0.409 e. The summed E-state index contributed by atoms with van der Waals surface area (Å²) < 4.78 is 0. The molecule has 19 heavy (non-hydrogen) atoms. The Morgan fingerprint density at radius 1 is 1.21 bits per heavy atom. The van der Waals surface area contributed by atoms with E-state index in [1.54, 1.807) is 12.1 Å². The summed E-state index contributed by atoms with van der Waals surface area (Å²) in [4.78, 5) is 0. The van der Waals surface area contributed by atoms with Crippen LogP contribution in [0, 0.1) is 0 Å². The van der Waals surface area contributed by atoms with E-state index in [-0.39, 0.29) is 11.3 Å². The monoisotopic (exact) mass is 304 g/mol. The summed E-state index contributed by atoms with van der Waals surface area (Å²) in [5.74, 6) is 0.215. The minimum Gasteiger partial charge on any atom is -0.409 e. The summed E-state index contributed by atoms with van der Waals surface area (Å²) in [6.07, 6.45) is 1.70. The van der Waals surface area contributed by atoms with E-state index < -0.39 is 0 Å². The molecular formula is C14H22Cl2N2O. The van der Waals surface area contributed by atoms with Crippen molar-refractivity contribution < 1.29 is 5.21 Å². The quantitative estimate of drug-likeness (QED) is 0.356. The molecule has 0 spiro atoms. The van der Waals surface area contributed by atoms with Crippen LogP contribution in [-0.2, 0) is 5.41 Å². The molecule has 1 saturated carbocycles. The van der Waals surface area contributed by atoms with Crippen LogP contribution < -0.4 is 5.73 Å². The number of benzene rings is 1. The van der Waals surface area contributed by atoms with Gasteiger partial charge in [0.1, 0.15) is 5.84 Å². The van der Waals surface area contributed by atoms with Gasteiger partial charge in [0.2, 0.25) is 0 Å². The fourth-order valence-electron chi connectivity index (χ4n) is 1.76. The fraction of sp³-hybridized carbons (Fsp3) is 0.500. The first kappa shape index (κ1) is 18.1. The maximum atomic E-state index is 8.71. The van der Waals surface area contributed by atoms with E-state index in [4.69, 9.17) is 34.1 Å². The van der Waals surface area contributed by atoms with Crippen LogP contribution in [0.15, 0.2) is 23.4 Å². The zero-order chi connectivity index (χ0) is 15.1. The second kappa shape index (κ2) is 8.28. The molecule has 0 aromatic heterocycles. The number of hydrogen-bond acceptors (Lipinski definition) is 2. The van der Waals surface area contributed by atoms with Gasteiger partial charge in [-0.25, -0.2) is 0 Å². The van der Waals surface area contributed by atoms with Gasteiger partial charge in [0.25, 0.3) is 0 Å². The molecule has 0 atom stereocenters. The lowest BCUT2D eigenvalue weighted by atomic mass is 9.95.